The Bertz CT molecular complexity index is 786. The monoisotopic (exact) mass is 277 g/mol. The maximum absolute atomic E-state index is 11.9. The fourth-order valence-corrected chi connectivity index (χ4v) is 2.29. The molecular weight excluding hydrogens is 262 g/mol. The summed E-state index contributed by atoms with van der Waals surface area (Å²) in [6.45, 7) is 3.97. The maximum Gasteiger partial charge on any atom is 0.348 e. The predicted molar refractivity (Wildman–Crippen MR) is 83.0 cm³/mol. The number of nitrogens with one attached hydrogen (secondary N) is 1. The van der Waals surface area contributed by atoms with Crippen LogP contribution in [0.25, 0.3) is 22.8 Å². The smallest absolute Gasteiger partial charge is 0.290 e. The first kappa shape index (κ1) is 13.2. The van der Waals surface area contributed by atoms with Gasteiger partial charge in [-0.05, 0) is 25.0 Å². The molecule has 0 unspecified atom stereocenters. The van der Waals surface area contributed by atoms with Crippen molar-refractivity contribution in [2.24, 2.45) is 0 Å². The number of hydrogen-bond acceptors (Lipinski definition) is 3. The molecule has 0 amide bonds. The lowest BCUT2D eigenvalue weighted by atomic mass is 10.1. The fourth-order valence-electron chi connectivity index (χ4n) is 2.29. The first-order valence-corrected chi connectivity index (χ1v) is 6.75. The van der Waals surface area contributed by atoms with Crippen molar-refractivity contribution in [2.75, 3.05) is 0 Å². The minimum Gasteiger partial charge on any atom is -0.290 e. The molecule has 0 atom stereocenters. The van der Waals surface area contributed by atoms with Gasteiger partial charge in [-0.15, -0.1) is 0 Å². The Morgan fingerprint density at radius 3 is 2.00 bits per heavy atom. The zero-order valence-electron chi connectivity index (χ0n) is 11.9. The Morgan fingerprint density at radius 1 is 0.810 bits per heavy atom. The van der Waals surface area contributed by atoms with Crippen molar-refractivity contribution in [1.29, 1.82) is 0 Å². The molecule has 1 heterocycles. The van der Waals surface area contributed by atoms with Crippen molar-refractivity contribution >= 4 is 0 Å². The molecule has 4 heteroatoms. The molecule has 3 aromatic rings. The summed E-state index contributed by atoms with van der Waals surface area (Å²) >= 11 is 0. The van der Waals surface area contributed by atoms with E-state index in [0.717, 1.165) is 22.3 Å². The number of benzene rings is 2. The number of hydrogen-bond donors (Lipinski definition) is 1. The van der Waals surface area contributed by atoms with Crippen molar-refractivity contribution in [3.63, 3.8) is 0 Å². The molecule has 0 saturated heterocycles. The summed E-state index contributed by atoms with van der Waals surface area (Å²) in [5, 5.41) is 0. The van der Waals surface area contributed by atoms with Crippen LogP contribution in [-0.2, 0) is 0 Å². The Morgan fingerprint density at radius 2 is 1.38 bits per heavy atom. The van der Waals surface area contributed by atoms with E-state index >= 15 is 0 Å². The fraction of sp³-hybridized carbons (Fsp3) is 0.118. The predicted octanol–water partition coefficient (Wildman–Crippen LogP) is 3.12. The van der Waals surface area contributed by atoms with Gasteiger partial charge in [0.05, 0.1) is 0 Å². The standard InChI is InChI=1S/C17H15N3O/c1-11-7-3-5-9-13(11)15-18-16(20-17(21)19-15)14-10-6-4-8-12(14)2/h3-10H,1-2H3,(H,18,19,20,21). The minimum atomic E-state index is -0.387. The van der Waals surface area contributed by atoms with Gasteiger partial charge in [0.2, 0.25) is 0 Å². The molecule has 0 fully saturated rings. The van der Waals surface area contributed by atoms with E-state index < -0.39 is 0 Å². The number of aromatic amines is 1. The van der Waals surface area contributed by atoms with Crippen molar-refractivity contribution in [3.8, 4) is 22.8 Å². The van der Waals surface area contributed by atoms with Crippen molar-refractivity contribution in [1.82, 2.24) is 15.0 Å². The van der Waals surface area contributed by atoms with Crippen LogP contribution in [0.5, 0.6) is 0 Å². The summed E-state index contributed by atoms with van der Waals surface area (Å²) in [4.78, 5) is 23.1. The summed E-state index contributed by atoms with van der Waals surface area (Å²) < 4.78 is 0. The zero-order chi connectivity index (χ0) is 14.8. The minimum absolute atomic E-state index is 0.387. The number of aryl methyl sites for hydroxylation is 2. The van der Waals surface area contributed by atoms with Gasteiger partial charge in [-0.25, -0.2) is 9.78 Å². The number of nitrogens with zero attached hydrogens (tertiary/aromatic N) is 2. The van der Waals surface area contributed by atoms with Crippen LogP contribution in [0.3, 0.4) is 0 Å². The molecule has 21 heavy (non-hydrogen) atoms. The average Bonchev–Trinajstić information content (AvgIpc) is 2.47. The topological polar surface area (TPSA) is 58.6 Å². The van der Waals surface area contributed by atoms with Crippen LogP contribution in [0.4, 0.5) is 0 Å². The first-order chi connectivity index (χ1) is 10.1. The first-order valence-electron chi connectivity index (χ1n) is 6.75. The molecule has 0 saturated carbocycles. The molecule has 0 aliphatic rings. The molecule has 0 aliphatic carbocycles. The number of rotatable bonds is 2. The van der Waals surface area contributed by atoms with Crippen LogP contribution < -0.4 is 5.69 Å². The number of H-pyrrole nitrogens is 1. The van der Waals surface area contributed by atoms with E-state index in [0.29, 0.717) is 11.6 Å². The van der Waals surface area contributed by atoms with Gasteiger partial charge in [-0.3, -0.25) is 4.98 Å². The molecule has 4 nitrogen and oxygen atoms in total. The molecule has 0 bridgehead atoms. The van der Waals surface area contributed by atoms with E-state index in [2.05, 4.69) is 15.0 Å². The molecule has 1 aromatic heterocycles. The van der Waals surface area contributed by atoms with Crippen molar-refractivity contribution < 1.29 is 0 Å². The lowest BCUT2D eigenvalue weighted by Gasteiger charge is -2.07. The highest BCUT2D eigenvalue weighted by molar-refractivity contribution is 5.64. The maximum atomic E-state index is 11.9. The Labute approximate surface area is 122 Å². The van der Waals surface area contributed by atoms with Gasteiger partial charge in [0.1, 0.15) is 5.82 Å². The van der Waals surface area contributed by atoms with Crippen LogP contribution in [-0.4, -0.2) is 15.0 Å². The average molecular weight is 277 g/mol. The SMILES string of the molecule is Cc1ccccc1-c1nc(-c2ccccc2C)[nH]c(=O)n1. The molecule has 104 valence electrons. The molecule has 2 aromatic carbocycles. The highest BCUT2D eigenvalue weighted by Crippen LogP contribution is 2.22. The third-order valence-electron chi connectivity index (χ3n) is 3.44. The highest BCUT2D eigenvalue weighted by atomic mass is 16.1. The molecular formula is C17H15N3O. The second-order valence-corrected chi connectivity index (χ2v) is 4.96. The molecule has 0 spiro atoms. The van der Waals surface area contributed by atoms with E-state index in [9.17, 15) is 4.79 Å². The van der Waals surface area contributed by atoms with Gasteiger partial charge in [0, 0.05) is 11.1 Å². The number of aromatic nitrogens is 3. The second kappa shape index (κ2) is 5.32. The lowest BCUT2D eigenvalue weighted by molar-refractivity contribution is 1.000. The van der Waals surface area contributed by atoms with Gasteiger partial charge in [0.25, 0.3) is 0 Å². The van der Waals surface area contributed by atoms with E-state index in [1.165, 1.54) is 0 Å². The second-order valence-electron chi connectivity index (χ2n) is 4.96. The lowest BCUT2D eigenvalue weighted by Crippen LogP contribution is -2.15. The Hall–Kier alpha value is -2.75. The summed E-state index contributed by atoms with van der Waals surface area (Å²) in [5.74, 6) is 1.00. The van der Waals surface area contributed by atoms with Crippen molar-refractivity contribution in [2.45, 2.75) is 13.8 Å². The van der Waals surface area contributed by atoms with E-state index in [1.807, 2.05) is 62.4 Å². The normalized spacial score (nSPS) is 10.6. The summed E-state index contributed by atoms with van der Waals surface area (Å²) in [7, 11) is 0. The summed E-state index contributed by atoms with van der Waals surface area (Å²) in [6, 6.07) is 15.6. The van der Waals surface area contributed by atoms with Gasteiger partial charge >= 0.3 is 5.69 Å². The summed E-state index contributed by atoms with van der Waals surface area (Å²) in [5.41, 5.74) is 3.49. The molecule has 1 N–H and O–H groups in total. The summed E-state index contributed by atoms with van der Waals surface area (Å²) in [6.07, 6.45) is 0. The van der Waals surface area contributed by atoms with E-state index in [-0.39, 0.29) is 5.69 Å². The van der Waals surface area contributed by atoms with Crippen LogP contribution >= 0.6 is 0 Å². The van der Waals surface area contributed by atoms with Crippen LogP contribution in [0.15, 0.2) is 53.3 Å². The van der Waals surface area contributed by atoms with Gasteiger partial charge in [-0.1, -0.05) is 48.5 Å². The highest BCUT2D eigenvalue weighted by Gasteiger charge is 2.10. The molecule has 0 aliphatic heterocycles. The molecule has 3 rings (SSSR count). The third-order valence-corrected chi connectivity index (χ3v) is 3.44. The van der Waals surface area contributed by atoms with Gasteiger partial charge < -0.3 is 0 Å². The van der Waals surface area contributed by atoms with Crippen LogP contribution in [0, 0.1) is 13.8 Å². The van der Waals surface area contributed by atoms with Gasteiger partial charge in [-0.2, -0.15) is 4.98 Å². The van der Waals surface area contributed by atoms with E-state index in [1.54, 1.807) is 0 Å². The van der Waals surface area contributed by atoms with Crippen molar-refractivity contribution in [3.05, 3.63) is 70.1 Å². The molecule has 0 radical (unpaired) electrons. The Balaban J connectivity index is 2.21. The van der Waals surface area contributed by atoms with E-state index in [4.69, 9.17) is 0 Å². The van der Waals surface area contributed by atoms with Crippen LogP contribution in [0.1, 0.15) is 11.1 Å². The third kappa shape index (κ3) is 2.60. The van der Waals surface area contributed by atoms with Gasteiger partial charge in [0.15, 0.2) is 5.82 Å². The van der Waals surface area contributed by atoms with Crippen LogP contribution in [0.2, 0.25) is 0 Å². The largest absolute Gasteiger partial charge is 0.348 e. The Kier molecular flexibility index (Phi) is 3.36. The quantitative estimate of drug-likeness (QED) is 0.783. The zero-order valence-corrected chi connectivity index (χ0v) is 11.9.